The maximum absolute atomic E-state index is 12.5. The second kappa shape index (κ2) is 7.52. The van der Waals surface area contributed by atoms with Gasteiger partial charge in [-0.05, 0) is 12.1 Å². The number of thiazole rings is 1. The van der Waals surface area contributed by atoms with Gasteiger partial charge in [-0.15, -0.1) is 11.3 Å². The van der Waals surface area contributed by atoms with Gasteiger partial charge in [0.25, 0.3) is 5.91 Å². The Morgan fingerprint density at radius 3 is 2.84 bits per heavy atom. The van der Waals surface area contributed by atoms with Crippen LogP contribution in [0.25, 0.3) is 0 Å². The Morgan fingerprint density at radius 1 is 1.28 bits per heavy atom. The fourth-order valence-electron chi connectivity index (χ4n) is 2.67. The summed E-state index contributed by atoms with van der Waals surface area (Å²) in [4.78, 5) is 31.5. The first-order chi connectivity index (χ1) is 12.1. The molecule has 0 aliphatic carbocycles. The van der Waals surface area contributed by atoms with Crippen LogP contribution in [0.15, 0.2) is 24.3 Å². The zero-order valence-electron chi connectivity index (χ0n) is 14.2. The summed E-state index contributed by atoms with van der Waals surface area (Å²) >= 11 is 1.41. The molecule has 2 aromatic rings. The molecule has 0 spiro atoms. The molecule has 0 unspecified atom stereocenters. The van der Waals surface area contributed by atoms with Gasteiger partial charge in [-0.3, -0.25) is 4.79 Å². The van der Waals surface area contributed by atoms with Crippen LogP contribution < -0.4 is 15.4 Å². The van der Waals surface area contributed by atoms with E-state index in [1.165, 1.54) is 11.3 Å². The molecule has 0 fully saturated rings. The number of benzene rings is 1. The topological polar surface area (TPSA) is 83.6 Å². The number of urea groups is 1. The summed E-state index contributed by atoms with van der Waals surface area (Å²) in [6.45, 7) is 1.16. The number of amides is 3. The van der Waals surface area contributed by atoms with Crippen LogP contribution in [0, 0.1) is 0 Å². The van der Waals surface area contributed by atoms with Crippen molar-refractivity contribution < 1.29 is 14.3 Å². The summed E-state index contributed by atoms with van der Waals surface area (Å²) in [6.07, 6.45) is 1.35. The zero-order valence-corrected chi connectivity index (χ0v) is 15.0. The summed E-state index contributed by atoms with van der Waals surface area (Å²) in [5, 5.41) is 5.98. The molecule has 1 aliphatic heterocycles. The van der Waals surface area contributed by atoms with E-state index >= 15 is 0 Å². The monoisotopic (exact) mass is 360 g/mol. The van der Waals surface area contributed by atoms with Gasteiger partial charge in [-0.25, -0.2) is 9.78 Å². The number of ether oxygens (including phenoxy) is 1. The Labute approximate surface area is 150 Å². The number of fused-ring (bicyclic) bond motifs is 1. The molecule has 2 heterocycles. The maximum Gasteiger partial charge on any atom is 0.321 e. The van der Waals surface area contributed by atoms with Gasteiger partial charge in [-0.1, -0.05) is 6.07 Å². The van der Waals surface area contributed by atoms with Gasteiger partial charge in [0.05, 0.1) is 12.8 Å². The van der Waals surface area contributed by atoms with Gasteiger partial charge >= 0.3 is 6.03 Å². The van der Waals surface area contributed by atoms with Gasteiger partial charge < -0.3 is 20.3 Å². The second-order valence-electron chi connectivity index (χ2n) is 5.62. The molecule has 7 nitrogen and oxygen atoms in total. The molecule has 3 amide bonds. The summed E-state index contributed by atoms with van der Waals surface area (Å²) < 4.78 is 5.17. The van der Waals surface area contributed by atoms with E-state index < -0.39 is 0 Å². The summed E-state index contributed by atoms with van der Waals surface area (Å²) in [5.74, 6) is 0.535. The third kappa shape index (κ3) is 3.90. The highest BCUT2D eigenvalue weighted by Crippen LogP contribution is 2.23. The lowest BCUT2D eigenvalue weighted by atomic mass is 10.2. The highest BCUT2D eigenvalue weighted by Gasteiger charge is 2.23. The minimum atomic E-state index is -0.161. The minimum Gasteiger partial charge on any atom is -0.497 e. The van der Waals surface area contributed by atoms with Crippen LogP contribution in [0.3, 0.4) is 0 Å². The molecule has 0 saturated carbocycles. The molecule has 0 bridgehead atoms. The van der Waals surface area contributed by atoms with Crippen molar-refractivity contribution >= 4 is 29.0 Å². The van der Waals surface area contributed by atoms with Crippen LogP contribution >= 0.6 is 11.3 Å². The van der Waals surface area contributed by atoms with E-state index in [2.05, 4.69) is 15.6 Å². The number of carbonyl (C=O) groups excluding carboxylic acids is 2. The first-order valence-corrected chi connectivity index (χ1v) is 8.83. The third-order valence-electron chi connectivity index (χ3n) is 4.04. The standard InChI is InChI=1S/C17H20N4O3S/c1-18-15(22)16-20-13-6-8-21(9-7-14(13)25-16)17(23)19-11-4-3-5-12(10-11)24-2/h3-5,10H,6-9H2,1-2H3,(H,18,22)(H,19,23). The average Bonchev–Trinajstić information content (AvgIpc) is 2.94. The molecule has 3 rings (SSSR count). The minimum absolute atomic E-state index is 0.144. The fraction of sp³-hybridized carbons (Fsp3) is 0.353. The molecule has 1 aliphatic rings. The second-order valence-corrected chi connectivity index (χ2v) is 6.70. The molecule has 0 atom stereocenters. The van der Waals surface area contributed by atoms with E-state index in [0.717, 1.165) is 10.6 Å². The van der Waals surface area contributed by atoms with Gasteiger partial charge in [0.1, 0.15) is 5.75 Å². The molecule has 8 heteroatoms. The molecule has 0 radical (unpaired) electrons. The highest BCUT2D eigenvalue weighted by molar-refractivity contribution is 7.13. The molecule has 0 saturated heterocycles. The lowest BCUT2D eigenvalue weighted by Gasteiger charge is -2.21. The van der Waals surface area contributed by atoms with Crippen LogP contribution in [-0.2, 0) is 12.8 Å². The Kier molecular flexibility index (Phi) is 5.18. The number of anilines is 1. The van der Waals surface area contributed by atoms with Crippen LogP contribution in [0.4, 0.5) is 10.5 Å². The SMILES string of the molecule is CNC(=O)c1nc2c(s1)CCN(C(=O)Nc1cccc(OC)c1)CC2. The number of nitrogens with zero attached hydrogens (tertiary/aromatic N) is 2. The van der Waals surface area contributed by atoms with Crippen molar-refractivity contribution in [3.63, 3.8) is 0 Å². The normalized spacial score (nSPS) is 13.6. The largest absolute Gasteiger partial charge is 0.497 e. The summed E-state index contributed by atoms with van der Waals surface area (Å²) in [5.41, 5.74) is 1.61. The van der Waals surface area contributed by atoms with Crippen molar-refractivity contribution in [2.45, 2.75) is 12.8 Å². The lowest BCUT2D eigenvalue weighted by molar-refractivity contribution is 0.0962. The van der Waals surface area contributed by atoms with Crippen molar-refractivity contribution in [3.05, 3.63) is 39.8 Å². The van der Waals surface area contributed by atoms with E-state index in [9.17, 15) is 9.59 Å². The van der Waals surface area contributed by atoms with Gasteiger partial charge in [0.2, 0.25) is 0 Å². The van der Waals surface area contributed by atoms with Gasteiger partial charge in [-0.2, -0.15) is 0 Å². The average molecular weight is 360 g/mol. The maximum atomic E-state index is 12.5. The summed E-state index contributed by atoms with van der Waals surface area (Å²) in [7, 11) is 3.19. The van der Waals surface area contributed by atoms with E-state index in [-0.39, 0.29) is 11.9 Å². The Balaban J connectivity index is 1.64. The smallest absolute Gasteiger partial charge is 0.321 e. The molecular formula is C17H20N4O3S. The van der Waals surface area contributed by atoms with Crippen molar-refractivity contribution in [3.8, 4) is 5.75 Å². The molecule has 25 heavy (non-hydrogen) atoms. The predicted octanol–water partition coefficient (Wildman–Crippen LogP) is 2.14. The number of hydrogen-bond donors (Lipinski definition) is 2. The van der Waals surface area contributed by atoms with Crippen molar-refractivity contribution in [1.29, 1.82) is 0 Å². The van der Waals surface area contributed by atoms with Gasteiger partial charge in [0.15, 0.2) is 5.01 Å². The molecule has 132 valence electrons. The third-order valence-corrected chi connectivity index (χ3v) is 5.19. The van der Waals surface area contributed by atoms with E-state index in [1.54, 1.807) is 25.1 Å². The number of rotatable bonds is 3. The number of carbonyl (C=O) groups is 2. The van der Waals surface area contributed by atoms with Crippen LogP contribution in [0.1, 0.15) is 20.4 Å². The Morgan fingerprint density at radius 2 is 2.08 bits per heavy atom. The van der Waals surface area contributed by atoms with Crippen molar-refractivity contribution in [2.75, 3.05) is 32.6 Å². The van der Waals surface area contributed by atoms with Crippen LogP contribution in [0.2, 0.25) is 0 Å². The number of nitrogens with one attached hydrogen (secondary N) is 2. The molecule has 1 aromatic heterocycles. The van der Waals surface area contributed by atoms with Crippen LogP contribution in [0.5, 0.6) is 5.75 Å². The highest BCUT2D eigenvalue weighted by atomic mass is 32.1. The number of aromatic nitrogens is 1. The first-order valence-electron chi connectivity index (χ1n) is 8.01. The van der Waals surface area contributed by atoms with Crippen molar-refractivity contribution in [2.24, 2.45) is 0 Å². The van der Waals surface area contributed by atoms with E-state index in [0.29, 0.717) is 42.4 Å². The van der Waals surface area contributed by atoms with E-state index in [1.807, 2.05) is 18.2 Å². The number of methoxy groups -OCH3 is 1. The number of hydrogen-bond acceptors (Lipinski definition) is 5. The zero-order chi connectivity index (χ0) is 17.8. The Hall–Kier alpha value is -2.61. The fourth-order valence-corrected chi connectivity index (χ4v) is 3.72. The quantitative estimate of drug-likeness (QED) is 0.878. The Bertz CT molecular complexity index is 764. The lowest BCUT2D eigenvalue weighted by Crippen LogP contribution is -2.36. The predicted molar refractivity (Wildman–Crippen MR) is 96.5 cm³/mol. The summed E-state index contributed by atoms with van der Waals surface area (Å²) in [6, 6.07) is 7.12. The molecular weight excluding hydrogens is 340 g/mol. The van der Waals surface area contributed by atoms with Crippen molar-refractivity contribution in [1.82, 2.24) is 15.2 Å². The molecule has 1 aromatic carbocycles. The van der Waals surface area contributed by atoms with E-state index in [4.69, 9.17) is 4.74 Å². The van der Waals surface area contributed by atoms with Gasteiger partial charge in [0, 0.05) is 49.6 Å². The van der Waals surface area contributed by atoms with Crippen LogP contribution in [-0.4, -0.2) is 49.1 Å². The first kappa shape index (κ1) is 17.2. The molecule has 2 N–H and O–H groups in total.